The SMILES string of the molecule is CCOc1ncnc(N2CCc3cccc(N)c3C2)c1C. The lowest BCUT2D eigenvalue weighted by Crippen LogP contribution is -2.32. The molecule has 1 aromatic carbocycles. The number of nitrogens with zero attached hydrogens (tertiary/aromatic N) is 3. The van der Waals surface area contributed by atoms with Crippen molar-refractivity contribution in [3.8, 4) is 5.88 Å². The predicted octanol–water partition coefficient (Wildman–Crippen LogP) is 2.33. The molecule has 0 fully saturated rings. The van der Waals surface area contributed by atoms with Gasteiger partial charge in [0.2, 0.25) is 5.88 Å². The summed E-state index contributed by atoms with van der Waals surface area (Å²) in [6, 6.07) is 6.13. The van der Waals surface area contributed by atoms with E-state index in [-0.39, 0.29) is 0 Å². The highest BCUT2D eigenvalue weighted by Gasteiger charge is 2.21. The fourth-order valence-electron chi connectivity index (χ4n) is 2.81. The van der Waals surface area contributed by atoms with Gasteiger partial charge in [0.1, 0.15) is 12.1 Å². The predicted molar refractivity (Wildman–Crippen MR) is 83.5 cm³/mol. The zero-order valence-electron chi connectivity index (χ0n) is 12.5. The first-order valence-corrected chi connectivity index (χ1v) is 7.26. The Bertz CT molecular complexity index is 657. The lowest BCUT2D eigenvalue weighted by molar-refractivity contribution is 0.323. The molecule has 2 N–H and O–H groups in total. The minimum atomic E-state index is 0.604. The van der Waals surface area contributed by atoms with Crippen molar-refractivity contribution in [2.24, 2.45) is 0 Å². The Hall–Kier alpha value is -2.30. The average Bonchev–Trinajstić information content (AvgIpc) is 2.50. The molecular formula is C16H20N4O. The highest BCUT2D eigenvalue weighted by Crippen LogP contribution is 2.30. The van der Waals surface area contributed by atoms with Gasteiger partial charge in [-0.1, -0.05) is 12.1 Å². The van der Waals surface area contributed by atoms with Crippen molar-refractivity contribution in [3.05, 3.63) is 41.2 Å². The third-order valence-corrected chi connectivity index (χ3v) is 3.90. The van der Waals surface area contributed by atoms with Crippen molar-refractivity contribution in [2.75, 3.05) is 23.8 Å². The van der Waals surface area contributed by atoms with Crippen molar-refractivity contribution in [1.29, 1.82) is 0 Å². The van der Waals surface area contributed by atoms with Gasteiger partial charge in [0, 0.05) is 18.8 Å². The van der Waals surface area contributed by atoms with Crippen LogP contribution in [0.4, 0.5) is 11.5 Å². The van der Waals surface area contributed by atoms with Crippen LogP contribution in [0.25, 0.3) is 0 Å². The van der Waals surface area contributed by atoms with Crippen LogP contribution in [0.2, 0.25) is 0 Å². The number of rotatable bonds is 3. The summed E-state index contributed by atoms with van der Waals surface area (Å²) in [7, 11) is 0. The zero-order chi connectivity index (χ0) is 14.8. The minimum absolute atomic E-state index is 0.604. The summed E-state index contributed by atoms with van der Waals surface area (Å²) in [5.41, 5.74) is 10.5. The van der Waals surface area contributed by atoms with Gasteiger partial charge < -0.3 is 15.4 Å². The number of anilines is 2. The van der Waals surface area contributed by atoms with Gasteiger partial charge in [-0.25, -0.2) is 9.97 Å². The maximum Gasteiger partial charge on any atom is 0.221 e. The number of nitrogen functional groups attached to an aromatic ring is 1. The first-order chi connectivity index (χ1) is 10.2. The van der Waals surface area contributed by atoms with Gasteiger partial charge in [0.15, 0.2) is 0 Å². The van der Waals surface area contributed by atoms with E-state index in [2.05, 4.69) is 20.9 Å². The normalized spacial score (nSPS) is 13.9. The molecular weight excluding hydrogens is 264 g/mol. The summed E-state index contributed by atoms with van der Waals surface area (Å²) in [6.45, 7) is 6.28. The molecule has 1 aliphatic heterocycles. The Kier molecular flexibility index (Phi) is 3.64. The molecule has 5 heteroatoms. The van der Waals surface area contributed by atoms with Crippen LogP contribution in [0, 0.1) is 6.92 Å². The molecule has 1 aromatic heterocycles. The topological polar surface area (TPSA) is 64.3 Å². The highest BCUT2D eigenvalue weighted by atomic mass is 16.5. The lowest BCUT2D eigenvalue weighted by atomic mass is 9.98. The van der Waals surface area contributed by atoms with Crippen LogP contribution in [0.15, 0.2) is 24.5 Å². The van der Waals surface area contributed by atoms with Crippen molar-refractivity contribution in [1.82, 2.24) is 9.97 Å². The number of fused-ring (bicyclic) bond motifs is 1. The highest BCUT2D eigenvalue weighted by molar-refractivity contribution is 5.58. The molecule has 0 atom stereocenters. The Morgan fingerprint density at radius 2 is 2.19 bits per heavy atom. The molecule has 1 aliphatic rings. The lowest BCUT2D eigenvalue weighted by Gasteiger charge is -2.31. The molecule has 21 heavy (non-hydrogen) atoms. The third-order valence-electron chi connectivity index (χ3n) is 3.90. The molecule has 0 radical (unpaired) electrons. The standard InChI is InChI=1S/C16H20N4O/c1-3-21-16-11(2)15(18-10-19-16)20-8-7-12-5-4-6-14(17)13(12)9-20/h4-6,10H,3,7-9,17H2,1-2H3. The van der Waals surface area contributed by atoms with Crippen molar-refractivity contribution in [2.45, 2.75) is 26.8 Å². The fourth-order valence-corrected chi connectivity index (χ4v) is 2.81. The summed E-state index contributed by atoms with van der Waals surface area (Å²) in [6.07, 6.45) is 2.55. The molecule has 0 aliphatic carbocycles. The van der Waals surface area contributed by atoms with Crippen LogP contribution in [-0.4, -0.2) is 23.1 Å². The molecule has 0 saturated carbocycles. The van der Waals surface area contributed by atoms with E-state index in [1.807, 2.05) is 26.0 Å². The van der Waals surface area contributed by atoms with Crippen LogP contribution in [-0.2, 0) is 13.0 Å². The van der Waals surface area contributed by atoms with Gasteiger partial charge in [0.25, 0.3) is 0 Å². The van der Waals surface area contributed by atoms with E-state index in [0.717, 1.165) is 36.6 Å². The molecule has 3 rings (SSSR count). The monoisotopic (exact) mass is 284 g/mol. The van der Waals surface area contributed by atoms with Crippen molar-refractivity contribution >= 4 is 11.5 Å². The molecule has 0 spiro atoms. The fraction of sp³-hybridized carbons (Fsp3) is 0.375. The van der Waals surface area contributed by atoms with Crippen LogP contribution in [0.5, 0.6) is 5.88 Å². The largest absolute Gasteiger partial charge is 0.478 e. The maximum absolute atomic E-state index is 6.11. The third kappa shape index (κ3) is 2.51. The van der Waals surface area contributed by atoms with E-state index in [4.69, 9.17) is 10.5 Å². The van der Waals surface area contributed by atoms with Gasteiger partial charge in [-0.3, -0.25) is 0 Å². The molecule has 2 aromatic rings. The number of hydrogen-bond donors (Lipinski definition) is 1. The Balaban J connectivity index is 1.93. The second-order valence-corrected chi connectivity index (χ2v) is 5.22. The van der Waals surface area contributed by atoms with E-state index < -0.39 is 0 Å². The second kappa shape index (κ2) is 5.60. The quantitative estimate of drug-likeness (QED) is 0.876. The van der Waals surface area contributed by atoms with Crippen molar-refractivity contribution in [3.63, 3.8) is 0 Å². The van der Waals surface area contributed by atoms with E-state index >= 15 is 0 Å². The molecule has 2 heterocycles. The number of nitrogens with two attached hydrogens (primary N) is 1. The van der Waals surface area contributed by atoms with Gasteiger partial charge >= 0.3 is 0 Å². The number of ether oxygens (including phenoxy) is 1. The summed E-state index contributed by atoms with van der Waals surface area (Å²) in [5.74, 6) is 1.59. The zero-order valence-corrected chi connectivity index (χ0v) is 12.5. The Morgan fingerprint density at radius 3 is 3.00 bits per heavy atom. The number of benzene rings is 1. The van der Waals surface area contributed by atoms with E-state index in [1.165, 1.54) is 11.1 Å². The Labute approximate surface area is 124 Å². The van der Waals surface area contributed by atoms with Gasteiger partial charge in [-0.05, 0) is 37.5 Å². The smallest absolute Gasteiger partial charge is 0.221 e. The molecule has 0 unspecified atom stereocenters. The first kappa shape index (κ1) is 13.7. The summed E-state index contributed by atoms with van der Waals surface area (Å²) >= 11 is 0. The van der Waals surface area contributed by atoms with E-state index in [0.29, 0.717) is 12.5 Å². The summed E-state index contributed by atoms with van der Waals surface area (Å²) in [5, 5.41) is 0. The summed E-state index contributed by atoms with van der Waals surface area (Å²) in [4.78, 5) is 10.9. The van der Waals surface area contributed by atoms with E-state index in [9.17, 15) is 0 Å². The number of hydrogen-bond acceptors (Lipinski definition) is 5. The van der Waals surface area contributed by atoms with Gasteiger partial charge in [0.05, 0.1) is 12.2 Å². The Morgan fingerprint density at radius 1 is 1.33 bits per heavy atom. The molecule has 5 nitrogen and oxygen atoms in total. The summed E-state index contributed by atoms with van der Waals surface area (Å²) < 4.78 is 5.56. The first-order valence-electron chi connectivity index (χ1n) is 7.26. The van der Waals surface area contributed by atoms with Crippen LogP contribution in [0.1, 0.15) is 23.6 Å². The molecule has 0 bridgehead atoms. The molecule has 110 valence electrons. The second-order valence-electron chi connectivity index (χ2n) is 5.22. The van der Waals surface area contributed by atoms with Crippen LogP contribution < -0.4 is 15.4 Å². The minimum Gasteiger partial charge on any atom is -0.478 e. The molecule has 0 saturated heterocycles. The van der Waals surface area contributed by atoms with E-state index in [1.54, 1.807) is 6.33 Å². The van der Waals surface area contributed by atoms with Gasteiger partial charge in [-0.15, -0.1) is 0 Å². The van der Waals surface area contributed by atoms with Gasteiger partial charge in [-0.2, -0.15) is 0 Å². The average molecular weight is 284 g/mol. The maximum atomic E-state index is 6.11. The van der Waals surface area contributed by atoms with Crippen molar-refractivity contribution < 1.29 is 4.74 Å². The van der Waals surface area contributed by atoms with Crippen LogP contribution in [0.3, 0.4) is 0 Å². The molecule has 0 amide bonds. The van der Waals surface area contributed by atoms with Crippen LogP contribution >= 0.6 is 0 Å². The number of aromatic nitrogens is 2.